The molecule has 22 heavy (non-hydrogen) atoms. The second-order valence-electron chi connectivity index (χ2n) is 5.07. The Morgan fingerprint density at radius 3 is 2.14 bits per heavy atom. The van der Waals surface area contributed by atoms with Crippen molar-refractivity contribution in [2.45, 2.75) is 18.7 Å². The van der Waals surface area contributed by atoms with E-state index < -0.39 is 20.0 Å². The lowest BCUT2D eigenvalue weighted by Crippen LogP contribution is -2.50. The van der Waals surface area contributed by atoms with Crippen molar-refractivity contribution in [2.75, 3.05) is 31.9 Å². The highest BCUT2D eigenvalue weighted by Gasteiger charge is 2.33. The summed E-state index contributed by atoms with van der Waals surface area (Å²) in [5.74, 6) is 0.0210. The van der Waals surface area contributed by atoms with Gasteiger partial charge in [0.15, 0.2) is 0 Å². The van der Waals surface area contributed by atoms with E-state index in [-0.39, 0.29) is 36.8 Å². The molecular weight excluding hydrogens is 348 g/mol. The van der Waals surface area contributed by atoms with Crippen LogP contribution in [0.5, 0.6) is 0 Å². The van der Waals surface area contributed by atoms with Gasteiger partial charge >= 0.3 is 0 Å². The first-order chi connectivity index (χ1) is 10.2. The summed E-state index contributed by atoms with van der Waals surface area (Å²) in [6.45, 7) is 3.88. The predicted octanol–water partition coefficient (Wildman–Crippen LogP) is 1.30. The SMILES string of the molecule is CCS(=O)(=O)N1CCN(S(=O)(=O)c2cccc(Cl)c2C)CC1. The van der Waals surface area contributed by atoms with Crippen LogP contribution < -0.4 is 0 Å². The second-order valence-corrected chi connectivity index (χ2v) is 9.64. The monoisotopic (exact) mass is 366 g/mol. The van der Waals surface area contributed by atoms with E-state index in [4.69, 9.17) is 11.6 Å². The Balaban J connectivity index is 2.22. The normalized spacial score (nSPS) is 18.5. The van der Waals surface area contributed by atoms with Gasteiger partial charge in [-0.05, 0) is 31.5 Å². The van der Waals surface area contributed by atoms with Crippen LogP contribution in [0.1, 0.15) is 12.5 Å². The number of rotatable bonds is 4. The summed E-state index contributed by atoms with van der Waals surface area (Å²) < 4.78 is 51.7. The Bertz CT molecular complexity index is 754. The summed E-state index contributed by atoms with van der Waals surface area (Å²) in [4.78, 5) is 0.173. The highest BCUT2D eigenvalue weighted by molar-refractivity contribution is 7.89. The van der Waals surface area contributed by atoms with E-state index in [9.17, 15) is 16.8 Å². The van der Waals surface area contributed by atoms with E-state index in [0.29, 0.717) is 10.6 Å². The van der Waals surface area contributed by atoms with Crippen molar-refractivity contribution < 1.29 is 16.8 Å². The minimum atomic E-state index is -3.66. The van der Waals surface area contributed by atoms with Crippen LogP contribution in [0.15, 0.2) is 23.1 Å². The summed E-state index contributed by atoms with van der Waals surface area (Å²) in [5, 5.41) is 0.397. The Labute approximate surface area is 136 Å². The molecule has 2 rings (SSSR count). The summed E-state index contributed by atoms with van der Waals surface area (Å²) >= 11 is 5.99. The lowest BCUT2D eigenvalue weighted by atomic mass is 10.2. The average molecular weight is 367 g/mol. The molecule has 0 atom stereocenters. The Morgan fingerprint density at radius 1 is 1.05 bits per heavy atom. The number of sulfonamides is 2. The van der Waals surface area contributed by atoms with Crippen LogP contribution in [0.3, 0.4) is 0 Å². The highest BCUT2D eigenvalue weighted by Crippen LogP contribution is 2.26. The van der Waals surface area contributed by atoms with E-state index in [2.05, 4.69) is 0 Å². The molecule has 0 bridgehead atoms. The topological polar surface area (TPSA) is 74.8 Å². The molecule has 1 heterocycles. The fourth-order valence-corrected chi connectivity index (χ4v) is 5.36. The van der Waals surface area contributed by atoms with Crippen molar-refractivity contribution in [1.82, 2.24) is 8.61 Å². The molecule has 0 radical (unpaired) electrons. The molecule has 9 heteroatoms. The molecule has 1 aromatic carbocycles. The fraction of sp³-hybridized carbons (Fsp3) is 0.538. The van der Waals surface area contributed by atoms with E-state index in [1.54, 1.807) is 26.0 Å². The van der Waals surface area contributed by atoms with Crippen LogP contribution in [0.4, 0.5) is 0 Å². The molecule has 0 saturated carbocycles. The molecular formula is C13H19ClN2O4S2. The Hall–Kier alpha value is -0.670. The number of hydrogen-bond donors (Lipinski definition) is 0. The van der Waals surface area contributed by atoms with Crippen LogP contribution >= 0.6 is 11.6 Å². The van der Waals surface area contributed by atoms with Crippen molar-refractivity contribution in [3.05, 3.63) is 28.8 Å². The van der Waals surface area contributed by atoms with Crippen LogP contribution in [0.2, 0.25) is 5.02 Å². The van der Waals surface area contributed by atoms with Crippen LogP contribution in [-0.4, -0.2) is 57.4 Å². The van der Waals surface area contributed by atoms with Crippen molar-refractivity contribution in [3.63, 3.8) is 0 Å². The van der Waals surface area contributed by atoms with Gasteiger partial charge in [-0.25, -0.2) is 16.8 Å². The Morgan fingerprint density at radius 2 is 1.59 bits per heavy atom. The van der Waals surface area contributed by atoms with E-state index in [1.165, 1.54) is 14.7 Å². The predicted molar refractivity (Wildman–Crippen MR) is 86.0 cm³/mol. The first-order valence-electron chi connectivity index (χ1n) is 6.93. The summed E-state index contributed by atoms with van der Waals surface area (Å²) in [7, 11) is -6.94. The first-order valence-corrected chi connectivity index (χ1v) is 10.4. The maximum Gasteiger partial charge on any atom is 0.243 e. The van der Waals surface area contributed by atoms with Gasteiger partial charge in [-0.2, -0.15) is 8.61 Å². The van der Waals surface area contributed by atoms with Crippen molar-refractivity contribution in [2.24, 2.45) is 0 Å². The molecule has 124 valence electrons. The molecule has 1 aliphatic rings. The number of benzene rings is 1. The van der Waals surface area contributed by atoms with Crippen molar-refractivity contribution in [3.8, 4) is 0 Å². The molecule has 0 amide bonds. The quantitative estimate of drug-likeness (QED) is 0.805. The number of nitrogens with zero attached hydrogens (tertiary/aromatic N) is 2. The lowest BCUT2D eigenvalue weighted by Gasteiger charge is -2.33. The molecule has 0 unspecified atom stereocenters. The van der Waals surface area contributed by atoms with Crippen molar-refractivity contribution in [1.29, 1.82) is 0 Å². The lowest BCUT2D eigenvalue weighted by molar-refractivity contribution is 0.273. The summed E-state index contributed by atoms with van der Waals surface area (Å²) in [6, 6.07) is 4.76. The van der Waals surface area contributed by atoms with E-state index >= 15 is 0 Å². The van der Waals surface area contributed by atoms with Gasteiger partial charge in [0.2, 0.25) is 20.0 Å². The third-order valence-corrected chi connectivity index (χ3v) is 8.13. The van der Waals surface area contributed by atoms with Gasteiger partial charge in [-0.3, -0.25) is 0 Å². The molecule has 0 aromatic heterocycles. The van der Waals surface area contributed by atoms with Crippen LogP contribution in [-0.2, 0) is 20.0 Å². The largest absolute Gasteiger partial charge is 0.243 e. The zero-order valence-electron chi connectivity index (χ0n) is 12.5. The molecule has 0 N–H and O–H groups in total. The zero-order valence-corrected chi connectivity index (χ0v) is 14.9. The number of halogens is 1. The molecule has 1 saturated heterocycles. The first kappa shape index (κ1) is 17.7. The third-order valence-electron chi connectivity index (χ3n) is 3.79. The maximum absolute atomic E-state index is 12.7. The van der Waals surface area contributed by atoms with Gasteiger partial charge < -0.3 is 0 Å². The molecule has 0 spiro atoms. The minimum absolute atomic E-state index is 0.0210. The van der Waals surface area contributed by atoms with Gasteiger partial charge in [-0.1, -0.05) is 17.7 Å². The molecule has 1 aliphatic heterocycles. The summed E-state index contributed by atoms with van der Waals surface area (Å²) in [6.07, 6.45) is 0. The van der Waals surface area contributed by atoms with E-state index in [1.807, 2.05) is 0 Å². The standard InChI is InChI=1S/C13H19ClN2O4S2/c1-3-21(17,18)15-7-9-16(10-8-15)22(19,20)13-6-4-5-12(14)11(13)2/h4-6H,3,7-10H2,1-2H3. The highest BCUT2D eigenvalue weighted by atomic mass is 35.5. The zero-order chi connectivity index (χ0) is 16.5. The fourth-order valence-electron chi connectivity index (χ4n) is 2.38. The minimum Gasteiger partial charge on any atom is -0.212 e. The number of hydrogen-bond acceptors (Lipinski definition) is 4. The van der Waals surface area contributed by atoms with E-state index in [0.717, 1.165) is 0 Å². The van der Waals surface area contributed by atoms with Crippen LogP contribution in [0.25, 0.3) is 0 Å². The van der Waals surface area contributed by atoms with Gasteiger partial charge in [-0.15, -0.1) is 0 Å². The molecule has 6 nitrogen and oxygen atoms in total. The van der Waals surface area contributed by atoms with Gasteiger partial charge in [0.25, 0.3) is 0 Å². The third kappa shape index (κ3) is 3.30. The second kappa shape index (κ2) is 6.45. The van der Waals surface area contributed by atoms with Gasteiger partial charge in [0, 0.05) is 31.2 Å². The van der Waals surface area contributed by atoms with Crippen molar-refractivity contribution >= 4 is 31.6 Å². The molecule has 1 aromatic rings. The summed E-state index contributed by atoms with van der Waals surface area (Å²) in [5.41, 5.74) is 0.507. The van der Waals surface area contributed by atoms with Crippen LogP contribution in [0, 0.1) is 6.92 Å². The molecule has 1 fully saturated rings. The average Bonchev–Trinajstić information content (AvgIpc) is 2.50. The Kier molecular flexibility index (Phi) is 5.18. The molecule has 0 aliphatic carbocycles. The maximum atomic E-state index is 12.7. The van der Waals surface area contributed by atoms with Gasteiger partial charge in [0.1, 0.15) is 0 Å². The number of piperazine rings is 1. The smallest absolute Gasteiger partial charge is 0.212 e. The van der Waals surface area contributed by atoms with Gasteiger partial charge in [0.05, 0.1) is 10.6 Å².